The van der Waals surface area contributed by atoms with Crippen LogP contribution in [0.15, 0.2) is 27.6 Å². The Bertz CT molecular complexity index is 916. The molecule has 0 atom stereocenters. The van der Waals surface area contributed by atoms with Crippen LogP contribution < -0.4 is 5.56 Å². The van der Waals surface area contributed by atoms with E-state index in [1.165, 1.54) is 10.4 Å². The molecule has 0 spiro atoms. The first kappa shape index (κ1) is 13.0. The molecular formula is C15H14N2O2S2. The lowest BCUT2D eigenvalue weighted by Gasteiger charge is -2.06. The summed E-state index contributed by atoms with van der Waals surface area (Å²) < 4.78 is 7.48. The lowest BCUT2D eigenvalue weighted by molar-refractivity contribution is 0.486. The fourth-order valence-corrected chi connectivity index (χ4v) is 4.61. The summed E-state index contributed by atoms with van der Waals surface area (Å²) in [5.74, 6) is 0.868. The number of nitrogens with one attached hydrogen (secondary N) is 1. The van der Waals surface area contributed by atoms with Crippen molar-refractivity contribution in [3.8, 4) is 0 Å². The minimum absolute atomic E-state index is 0.0414. The van der Waals surface area contributed by atoms with Crippen LogP contribution in [-0.4, -0.2) is 9.55 Å². The van der Waals surface area contributed by atoms with E-state index in [0.29, 0.717) is 17.7 Å². The molecule has 1 aliphatic carbocycles. The number of furan rings is 1. The zero-order chi connectivity index (χ0) is 14.4. The zero-order valence-electron chi connectivity index (χ0n) is 11.3. The second-order valence-corrected chi connectivity index (χ2v) is 6.77. The van der Waals surface area contributed by atoms with Gasteiger partial charge in [-0.25, -0.2) is 0 Å². The van der Waals surface area contributed by atoms with Gasteiger partial charge in [-0.15, -0.1) is 11.3 Å². The van der Waals surface area contributed by atoms with Crippen molar-refractivity contribution < 1.29 is 4.42 Å². The second-order valence-electron chi connectivity index (χ2n) is 5.28. The molecule has 0 aromatic carbocycles. The normalized spacial score (nSPS) is 13.9. The van der Waals surface area contributed by atoms with Crippen LogP contribution in [0.1, 0.15) is 22.6 Å². The summed E-state index contributed by atoms with van der Waals surface area (Å²) in [6.07, 6.45) is 5.56. The highest BCUT2D eigenvalue weighted by Crippen LogP contribution is 2.34. The van der Waals surface area contributed by atoms with E-state index in [-0.39, 0.29) is 5.56 Å². The largest absolute Gasteiger partial charge is 0.469 e. The summed E-state index contributed by atoms with van der Waals surface area (Å²) in [4.78, 5) is 18.3. The molecule has 6 heteroatoms. The van der Waals surface area contributed by atoms with E-state index >= 15 is 0 Å². The average Bonchev–Trinajstić information content (AvgIpc) is 3.13. The summed E-state index contributed by atoms with van der Waals surface area (Å²) >= 11 is 7.04. The molecule has 1 aliphatic rings. The third kappa shape index (κ3) is 2.10. The molecule has 0 bridgehead atoms. The average molecular weight is 318 g/mol. The van der Waals surface area contributed by atoms with Gasteiger partial charge in [0.2, 0.25) is 0 Å². The molecule has 0 saturated heterocycles. The number of nitrogens with zero attached hydrogens (tertiary/aromatic N) is 1. The molecule has 108 valence electrons. The Labute approximate surface area is 130 Å². The Kier molecular flexibility index (Phi) is 3.08. The first-order valence-corrected chi connectivity index (χ1v) is 8.26. The highest BCUT2D eigenvalue weighted by atomic mass is 32.1. The number of aryl methyl sites for hydroxylation is 3. The highest BCUT2D eigenvalue weighted by Gasteiger charge is 2.21. The van der Waals surface area contributed by atoms with Crippen molar-refractivity contribution in [1.29, 1.82) is 0 Å². The third-order valence-electron chi connectivity index (χ3n) is 4.01. The predicted molar refractivity (Wildman–Crippen MR) is 85.7 cm³/mol. The first-order chi connectivity index (χ1) is 10.2. The number of H-pyrrole nitrogens is 1. The molecule has 3 aromatic rings. The number of fused-ring (bicyclic) bond motifs is 3. The monoisotopic (exact) mass is 318 g/mol. The summed E-state index contributed by atoms with van der Waals surface area (Å²) in [5.41, 5.74) is 1.28. The minimum atomic E-state index is 0.0414. The third-order valence-corrected chi connectivity index (χ3v) is 5.54. The van der Waals surface area contributed by atoms with E-state index in [0.717, 1.165) is 35.2 Å². The van der Waals surface area contributed by atoms with Gasteiger partial charge in [0, 0.05) is 17.8 Å². The Balaban J connectivity index is 1.81. The quantitative estimate of drug-likeness (QED) is 0.753. The fraction of sp³-hybridized carbons (Fsp3) is 0.333. The van der Waals surface area contributed by atoms with E-state index in [9.17, 15) is 4.79 Å². The number of hydrogen-bond acceptors (Lipinski definition) is 4. The Morgan fingerprint density at radius 2 is 2.33 bits per heavy atom. The SMILES string of the molecule is O=c1c2c3c(sc2[nH]c(=S)n1CCc1ccco1)CCC3. The maximum atomic E-state index is 12.8. The van der Waals surface area contributed by atoms with E-state index in [1.54, 1.807) is 22.2 Å². The Hall–Kier alpha value is -1.66. The van der Waals surface area contributed by atoms with Crippen molar-refractivity contribution in [1.82, 2.24) is 9.55 Å². The van der Waals surface area contributed by atoms with Crippen LogP contribution in [-0.2, 0) is 25.8 Å². The van der Waals surface area contributed by atoms with Gasteiger partial charge in [0.1, 0.15) is 10.6 Å². The van der Waals surface area contributed by atoms with Crippen molar-refractivity contribution in [3.63, 3.8) is 0 Å². The van der Waals surface area contributed by atoms with Crippen LogP contribution in [0.5, 0.6) is 0 Å². The van der Waals surface area contributed by atoms with Gasteiger partial charge in [-0.2, -0.15) is 0 Å². The van der Waals surface area contributed by atoms with Gasteiger partial charge in [0.25, 0.3) is 5.56 Å². The second kappa shape index (κ2) is 4.96. The van der Waals surface area contributed by atoms with Crippen LogP contribution in [0, 0.1) is 4.77 Å². The number of aromatic nitrogens is 2. The number of rotatable bonds is 3. The van der Waals surface area contributed by atoms with Crippen LogP contribution in [0.4, 0.5) is 0 Å². The summed E-state index contributed by atoms with van der Waals surface area (Å²) in [6.45, 7) is 0.544. The lowest BCUT2D eigenvalue weighted by Crippen LogP contribution is -2.23. The summed E-state index contributed by atoms with van der Waals surface area (Å²) in [7, 11) is 0. The van der Waals surface area contributed by atoms with Gasteiger partial charge in [-0.3, -0.25) is 9.36 Å². The lowest BCUT2D eigenvalue weighted by atomic mass is 10.2. The summed E-state index contributed by atoms with van der Waals surface area (Å²) in [5, 5.41) is 0.848. The van der Waals surface area contributed by atoms with Crippen molar-refractivity contribution in [2.75, 3.05) is 0 Å². The van der Waals surface area contributed by atoms with Crippen molar-refractivity contribution in [3.05, 3.63) is 49.7 Å². The number of thiophene rings is 1. The molecule has 0 amide bonds. The van der Waals surface area contributed by atoms with Crippen LogP contribution >= 0.6 is 23.6 Å². The Morgan fingerprint density at radius 1 is 1.43 bits per heavy atom. The maximum absolute atomic E-state index is 12.8. The maximum Gasteiger partial charge on any atom is 0.263 e. The number of hydrogen-bond donors (Lipinski definition) is 1. The van der Waals surface area contributed by atoms with E-state index < -0.39 is 0 Å². The van der Waals surface area contributed by atoms with Crippen molar-refractivity contribution >= 4 is 33.8 Å². The molecule has 21 heavy (non-hydrogen) atoms. The van der Waals surface area contributed by atoms with Gasteiger partial charge in [-0.1, -0.05) is 0 Å². The molecule has 3 heterocycles. The summed E-state index contributed by atoms with van der Waals surface area (Å²) in [6, 6.07) is 3.77. The van der Waals surface area contributed by atoms with Crippen molar-refractivity contribution in [2.45, 2.75) is 32.2 Å². The zero-order valence-corrected chi connectivity index (χ0v) is 13.0. The van der Waals surface area contributed by atoms with Gasteiger partial charge in [-0.05, 0) is 49.2 Å². The topological polar surface area (TPSA) is 50.9 Å². The smallest absolute Gasteiger partial charge is 0.263 e. The standard InChI is InChI=1S/C15H14N2O2S2/c18-14-12-10-4-1-5-11(10)21-13(12)16-15(20)17(14)7-6-9-3-2-8-19-9/h2-3,8H,1,4-7H2,(H,16,20). The molecule has 0 aliphatic heterocycles. The fourth-order valence-electron chi connectivity index (χ4n) is 2.99. The molecule has 0 radical (unpaired) electrons. The van der Waals surface area contributed by atoms with E-state index in [1.807, 2.05) is 12.1 Å². The molecule has 0 fully saturated rings. The molecule has 0 unspecified atom stereocenters. The first-order valence-electron chi connectivity index (χ1n) is 7.04. The molecule has 1 N–H and O–H groups in total. The molecule has 4 rings (SSSR count). The van der Waals surface area contributed by atoms with E-state index in [2.05, 4.69) is 4.98 Å². The molecule has 3 aromatic heterocycles. The highest BCUT2D eigenvalue weighted by molar-refractivity contribution is 7.71. The van der Waals surface area contributed by atoms with E-state index in [4.69, 9.17) is 16.6 Å². The van der Waals surface area contributed by atoms with Crippen LogP contribution in [0.25, 0.3) is 10.2 Å². The van der Waals surface area contributed by atoms with Gasteiger partial charge in [0.05, 0.1) is 11.6 Å². The van der Waals surface area contributed by atoms with Gasteiger partial charge in [0.15, 0.2) is 4.77 Å². The molecule has 4 nitrogen and oxygen atoms in total. The number of aromatic amines is 1. The van der Waals surface area contributed by atoms with Crippen molar-refractivity contribution in [2.24, 2.45) is 0 Å². The van der Waals surface area contributed by atoms with Crippen LogP contribution in [0.3, 0.4) is 0 Å². The minimum Gasteiger partial charge on any atom is -0.469 e. The van der Waals surface area contributed by atoms with Crippen LogP contribution in [0.2, 0.25) is 0 Å². The molecule has 0 saturated carbocycles. The predicted octanol–water partition coefficient (Wildman–Crippen LogP) is 3.44. The Morgan fingerprint density at radius 3 is 3.14 bits per heavy atom. The molecular weight excluding hydrogens is 304 g/mol. The van der Waals surface area contributed by atoms with Gasteiger partial charge < -0.3 is 9.40 Å². The van der Waals surface area contributed by atoms with Gasteiger partial charge >= 0.3 is 0 Å².